The van der Waals surface area contributed by atoms with Crippen LogP contribution in [0.25, 0.3) is 11.5 Å². The molecule has 0 spiro atoms. The number of rotatable bonds is 6. The molecule has 11 heteroatoms. The fourth-order valence-electron chi connectivity index (χ4n) is 2.15. The standard InChI is InChI=1S/C17H17N5O4S2/c1-17(2,3)12-8-27-15(18-12)19-13(23)9-28-16-21-20-14(26-16)10-6-4-5-7-11(10)22(24)25/h4-8H,9H2,1-3H3,(H,18,19,23). The van der Waals surface area contributed by atoms with Crippen molar-refractivity contribution in [2.24, 2.45) is 0 Å². The fourth-order valence-corrected chi connectivity index (χ4v) is 3.67. The van der Waals surface area contributed by atoms with Crippen molar-refractivity contribution >= 4 is 39.8 Å². The van der Waals surface area contributed by atoms with Crippen molar-refractivity contribution in [2.45, 2.75) is 31.4 Å². The molecule has 2 aromatic heterocycles. The molecule has 0 atom stereocenters. The van der Waals surface area contributed by atoms with E-state index in [1.165, 1.54) is 23.5 Å². The lowest BCUT2D eigenvalue weighted by atomic mass is 9.93. The number of thioether (sulfide) groups is 1. The number of amides is 1. The van der Waals surface area contributed by atoms with Crippen LogP contribution in [0, 0.1) is 10.1 Å². The van der Waals surface area contributed by atoms with Crippen LogP contribution in [0.1, 0.15) is 26.5 Å². The van der Waals surface area contributed by atoms with Gasteiger partial charge in [0.05, 0.1) is 16.4 Å². The molecule has 3 rings (SSSR count). The molecule has 146 valence electrons. The number of thiazole rings is 1. The van der Waals surface area contributed by atoms with Gasteiger partial charge in [-0.25, -0.2) is 4.98 Å². The van der Waals surface area contributed by atoms with E-state index in [9.17, 15) is 14.9 Å². The molecule has 0 bridgehead atoms. The second-order valence-electron chi connectivity index (χ2n) is 6.77. The molecule has 0 saturated heterocycles. The first-order chi connectivity index (χ1) is 13.2. The average Bonchev–Trinajstić information content (AvgIpc) is 3.29. The van der Waals surface area contributed by atoms with Gasteiger partial charge >= 0.3 is 0 Å². The molecule has 0 fully saturated rings. The van der Waals surface area contributed by atoms with E-state index in [-0.39, 0.29) is 39.4 Å². The number of carbonyl (C=O) groups is 1. The van der Waals surface area contributed by atoms with Crippen LogP contribution in [0.4, 0.5) is 10.8 Å². The normalized spacial score (nSPS) is 11.4. The maximum Gasteiger partial charge on any atom is 0.282 e. The largest absolute Gasteiger partial charge is 0.411 e. The number of para-hydroxylation sites is 1. The second kappa shape index (κ2) is 8.07. The lowest BCUT2D eigenvalue weighted by molar-refractivity contribution is -0.384. The third-order valence-corrected chi connectivity index (χ3v) is 5.16. The number of nitrogens with one attached hydrogen (secondary N) is 1. The molecule has 2 heterocycles. The zero-order valence-electron chi connectivity index (χ0n) is 15.3. The lowest BCUT2D eigenvalue weighted by Gasteiger charge is -2.14. The maximum absolute atomic E-state index is 12.1. The van der Waals surface area contributed by atoms with Gasteiger partial charge in [-0.1, -0.05) is 44.7 Å². The summed E-state index contributed by atoms with van der Waals surface area (Å²) in [5.41, 5.74) is 0.924. The van der Waals surface area contributed by atoms with Gasteiger partial charge in [-0.3, -0.25) is 14.9 Å². The lowest BCUT2D eigenvalue weighted by Crippen LogP contribution is -2.15. The summed E-state index contributed by atoms with van der Waals surface area (Å²) in [6.07, 6.45) is 0. The average molecular weight is 419 g/mol. The Morgan fingerprint density at radius 3 is 2.75 bits per heavy atom. The first-order valence-electron chi connectivity index (χ1n) is 8.20. The van der Waals surface area contributed by atoms with E-state index < -0.39 is 4.92 Å². The van der Waals surface area contributed by atoms with Gasteiger partial charge < -0.3 is 9.73 Å². The number of aromatic nitrogens is 3. The number of hydrogen-bond acceptors (Lipinski definition) is 9. The van der Waals surface area contributed by atoms with Crippen LogP contribution in [0.2, 0.25) is 0 Å². The Labute approximate surface area is 168 Å². The molecule has 1 N–H and O–H groups in total. The summed E-state index contributed by atoms with van der Waals surface area (Å²) < 4.78 is 5.45. The van der Waals surface area contributed by atoms with Crippen LogP contribution in [-0.2, 0) is 10.2 Å². The van der Waals surface area contributed by atoms with Gasteiger partial charge in [0.1, 0.15) is 5.56 Å². The zero-order valence-corrected chi connectivity index (χ0v) is 17.0. The van der Waals surface area contributed by atoms with Crippen molar-refractivity contribution in [3.63, 3.8) is 0 Å². The second-order valence-corrected chi connectivity index (χ2v) is 8.56. The monoisotopic (exact) mass is 419 g/mol. The molecule has 0 unspecified atom stereocenters. The fraction of sp³-hybridized carbons (Fsp3) is 0.294. The number of benzene rings is 1. The van der Waals surface area contributed by atoms with E-state index in [2.05, 4.69) is 20.5 Å². The molecular formula is C17H17N5O4S2. The minimum absolute atomic E-state index is 0.0324. The molecule has 28 heavy (non-hydrogen) atoms. The van der Waals surface area contributed by atoms with E-state index in [1.54, 1.807) is 12.1 Å². The highest BCUT2D eigenvalue weighted by Gasteiger charge is 2.21. The molecule has 3 aromatic rings. The van der Waals surface area contributed by atoms with Crippen LogP contribution in [0.3, 0.4) is 0 Å². The number of nitro groups is 1. The highest BCUT2D eigenvalue weighted by Crippen LogP contribution is 2.30. The van der Waals surface area contributed by atoms with E-state index in [1.807, 2.05) is 26.2 Å². The summed E-state index contributed by atoms with van der Waals surface area (Å²) in [7, 11) is 0. The first kappa shape index (κ1) is 20.0. The van der Waals surface area contributed by atoms with E-state index in [0.717, 1.165) is 17.5 Å². The predicted molar refractivity (Wildman–Crippen MR) is 107 cm³/mol. The Bertz CT molecular complexity index is 1010. The van der Waals surface area contributed by atoms with Crippen molar-refractivity contribution < 1.29 is 14.1 Å². The van der Waals surface area contributed by atoms with Crippen LogP contribution >= 0.6 is 23.1 Å². The van der Waals surface area contributed by atoms with E-state index in [0.29, 0.717) is 5.13 Å². The van der Waals surface area contributed by atoms with Crippen LogP contribution in [0.15, 0.2) is 39.3 Å². The molecule has 0 radical (unpaired) electrons. The van der Waals surface area contributed by atoms with Crippen molar-refractivity contribution in [1.29, 1.82) is 0 Å². The summed E-state index contributed by atoms with van der Waals surface area (Å²) in [4.78, 5) is 27.1. The minimum Gasteiger partial charge on any atom is -0.411 e. The number of anilines is 1. The third kappa shape index (κ3) is 4.73. The van der Waals surface area contributed by atoms with E-state index >= 15 is 0 Å². The molecule has 1 aromatic carbocycles. The summed E-state index contributed by atoms with van der Waals surface area (Å²) in [5, 5.41) is 24.1. The molecule has 1 amide bonds. The Hall–Kier alpha value is -2.79. The number of hydrogen-bond donors (Lipinski definition) is 1. The topological polar surface area (TPSA) is 124 Å². The summed E-state index contributed by atoms with van der Waals surface area (Å²) in [6.45, 7) is 6.15. The van der Waals surface area contributed by atoms with Gasteiger partial charge in [-0.15, -0.1) is 21.5 Å². The smallest absolute Gasteiger partial charge is 0.282 e. The predicted octanol–water partition coefficient (Wildman–Crippen LogP) is 4.13. The molecule has 0 aliphatic carbocycles. The number of carbonyl (C=O) groups excluding carboxylic acids is 1. The van der Waals surface area contributed by atoms with E-state index in [4.69, 9.17) is 4.42 Å². The van der Waals surface area contributed by atoms with Gasteiger partial charge in [0, 0.05) is 16.9 Å². The number of nitro benzene ring substituents is 1. The quantitative estimate of drug-likeness (QED) is 0.359. The van der Waals surface area contributed by atoms with Crippen LogP contribution in [-0.4, -0.2) is 31.8 Å². The Morgan fingerprint density at radius 2 is 2.07 bits per heavy atom. The van der Waals surface area contributed by atoms with Crippen LogP contribution in [0.5, 0.6) is 0 Å². The molecule has 0 aliphatic rings. The SMILES string of the molecule is CC(C)(C)c1csc(NC(=O)CSc2nnc(-c3ccccc3[N+](=O)[O-])o2)n1. The van der Waals surface area contributed by atoms with Gasteiger partial charge in [-0.2, -0.15) is 0 Å². The number of nitrogens with zero attached hydrogens (tertiary/aromatic N) is 4. The Morgan fingerprint density at radius 1 is 1.32 bits per heavy atom. The Balaban J connectivity index is 1.61. The van der Waals surface area contributed by atoms with Crippen molar-refractivity contribution in [1.82, 2.24) is 15.2 Å². The molecule has 9 nitrogen and oxygen atoms in total. The highest BCUT2D eigenvalue weighted by atomic mass is 32.2. The molecule has 0 aliphatic heterocycles. The summed E-state index contributed by atoms with van der Waals surface area (Å²) in [5.74, 6) is -0.182. The van der Waals surface area contributed by atoms with Gasteiger partial charge in [0.2, 0.25) is 5.91 Å². The zero-order chi connectivity index (χ0) is 20.3. The summed E-state index contributed by atoms with van der Waals surface area (Å²) in [6, 6.07) is 6.09. The Kier molecular flexibility index (Phi) is 5.75. The van der Waals surface area contributed by atoms with Gasteiger partial charge in [-0.05, 0) is 6.07 Å². The molecule has 0 saturated carbocycles. The van der Waals surface area contributed by atoms with Gasteiger partial charge in [0.25, 0.3) is 16.8 Å². The highest BCUT2D eigenvalue weighted by molar-refractivity contribution is 7.99. The first-order valence-corrected chi connectivity index (χ1v) is 10.1. The van der Waals surface area contributed by atoms with Crippen molar-refractivity contribution in [3.05, 3.63) is 45.5 Å². The minimum atomic E-state index is -0.514. The van der Waals surface area contributed by atoms with Crippen molar-refractivity contribution in [2.75, 3.05) is 11.1 Å². The molecular weight excluding hydrogens is 402 g/mol. The van der Waals surface area contributed by atoms with Crippen molar-refractivity contribution in [3.8, 4) is 11.5 Å². The summed E-state index contributed by atoms with van der Waals surface area (Å²) >= 11 is 2.41. The van der Waals surface area contributed by atoms with Crippen LogP contribution < -0.4 is 5.32 Å². The maximum atomic E-state index is 12.1. The van der Waals surface area contributed by atoms with Gasteiger partial charge in [0.15, 0.2) is 5.13 Å². The third-order valence-electron chi connectivity index (χ3n) is 3.58.